The van der Waals surface area contributed by atoms with Crippen LogP contribution in [0.15, 0.2) is 34.9 Å². The highest BCUT2D eigenvalue weighted by Gasteiger charge is 2.26. The first kappa shape index (κ1) is 22.3. The molecule has 0 saturated carbocycles. The summed E-state index contributed by atoms with van der Waals surface area (Å²) in [5.41, 5.74) is 3.08. The molecule has 0 radical (unpaired) electrons. The number of piperazine rings is 1. The van der Waals surface area contributed by atoms with E-state index in [1.54, 1.807) is 22.8 Å². The Labute approximate surface area is 189 Å². The molecule has 0 aliphatic carbocycles. The first-order chi connectivity index (χ1) is 15.5. The highest BCUT2D eigenvalue weighted by molar-refractivity contribution is 5.91. The number of benzene rings is 1. The fourth-order valence-electron chi connectivity index (χ4n) is 4.41. The Hall–Kier alpha value is -2.87. The van der Waals surface area contributed by atoms with Gasteiger partial charge in [0.2, 0.25) is 5.76 Å². The number of amides is 3. The van der Waals surface area contributed by atoms with Gasteiger partial charge in [-0.15, -0.1) is 0 Å². The van der Waals surface area contributed by atoms with Crippen LogP contribution in [-0.4, -0.2) is 70.6 Å². The molecule has 3 heterocycles. The van der Waals surface area contributed by atoms with Crippen molar-refractivity contribution in [2.45, 2.75) is 52.2 Å². The first-order valence-electron chi connectivity index (χ1n) is 11.6. The lowest BCUT2D eigenvalue weighted by Crippen LogP contribution is -2.53. The number of nitrogens with zero attached hydrogens (tertiary/aromatic N) is 4. The Morgan fingerprint density at radius 2 is 1.72 bits per heavy atom. The Kier molecular flexibility index (Phi) is 7.09. The zero-order chi connectivity index (χ0) is 22.5. The van der Waals surface area contributed by atoms with Gasteiger partial charge >= 0.3 is 6.03 Å². The van der Waals surface area contributed by atoms with E-state index >= 15 is 0 Å². The Balaban J connectivity index is 1.21. The third kappa shape index (κ3) is 5.48. The van der Waals surface area contributed by atoms with E-state index in [1.165, 1.54) is 31.4 Å². The molecule has 172 valence electrons. The van der Waals surface area contributed by atoms with Crippen molar-refractivity contribution in [2.75, 3.05) is 32.7 Å². The van der Waals surface area contributed by atoms with Crippen molar-refractivity contribution in [3.63, 3.8) is 0 Å². The van der Waals surface area contributed by atoms with Gasteiger partial charge < -0.3 is 19.6 Å². The highest BCUT2D eigenvalue weighted by atomic mass is 16.5. The van der Waals surface area contributed by atoms with Gasteiger partial charge in [-0.1, -0.05) is 35.8 Å². The van der Waals surface area contributed by atoms with E-state index in [-0.39, 0.29) is 17.7 Å². The lowest BCUT2D eigenvalue weighted by molar-refractivity contribution is 0.0624. The average molecular weight is 440 g/mol. The third-order valence-electron chi connectivity index (χ3n) is 6.49. The molecule has 1 aromatic carbocycles. The highest BCUT2D eigenvalue weighted by Crippen LogP contribution is 2.19. The van der Waals surface area contributed by atoms with Crippen LogP contribution in [0.4, 0.5) is 4.79 Å². The Bertz CT molecular complexity index is 918. The number of rotatable bonds is 5. The summed E-state index contributed by atoms with van der Waals surface area (Å²) in [6.07, 6.45) is 3.91. The molecule has 1 atom stereocenters. The van der Waals surface area contributed by atoms with Crippen molar-refractivity contribution in [1.29, 1.82) is 0 Å². The van der Waals surface area contributed by atoms with Crippen molar-refractivity contribution in [3.05, 3.63) is 52.9 Å². The number of urea groups is 1. The van der Waals surface area contributed by atoms with E-state index in [9.17, 15) is 9.59 Å². The summed E-state index contributed by atoms with van der Waals surface area (Å²) >= 11 is 0. The first-order valence-corrected chi connectivity index (χ1v) is 11.6. The summed E-state index contributed by atoms with van der Waals surface area (Å²) in [7, 11) is 0. The van der Waals surface area contributed by atoms with E-state index in [1.807, 2.05) is 0 Å². The van der Waals surface area contributed by atoms with Crippen LogP contribution in [0, 0.1) is 6.92 Å². The summed E-state index contributed by atoms with van der Waals surface area (Å²) in [4.78, 5) is 31.0. The van der Waals surface area contributed by atoms with Gasteiger partial charge in [0, 0.05) is 51.4 Å². The number of piperidine rings is 1. The van der Waals surface area contributed by atoms with E-state index in [0.717, 1.165) is 12.1 Å². The quantitative estimate of drug-likeness (QED) is 0.775. The number of aryl methyl sites for hydroxylation is 1. The van der Waals surface area contributed by atoms with Gasteiger partial charge in [-0.2, -0.15) is 0 Å². The largest absolute Gasteiger partial charge is 0.351 e. The number of likely N-dealkylation sites (tertiary alicyclic amines) is 1. The summed E-state index contributed by atoms with van der Waals surface area (Å²) < 4.78 is 5.06. The monoisotopic (exact) mass is 439 g/mol. The average Bonchev–Trinajstić information content (AvgIpc) is 3.26. The lowest BCUT2D eigenvalue weighted by atomic mass is 10.0. The van der Waals surface area contributed by atoms with Gasteiger partial charge in [-0.3, -0.25) is 9.69 Å². The standard InChI is InChI=1S/C24H33N5O3/c1-18-15-22(32-26-18)23(30)27-11-13-28(14-12-27)24(31)25-16-20-6-8-21(9-7-20)17-29-10-4-3-5-19(29)2/h6-9,15,19H,3-5,10-14,16-17H2,1-2H3,(H,25,31). The van der Waals surface area contributed by atoms with Crippen molar-refractivity contribution >= 4 is 11.9 Å². The fourth-order valence-corrected chi connectivity index (χ4v) is 4.41. The van der Waals surface area contributed by atoms with Gasteiger partial charge in [-0.25, -0.2) is 4.79 Å². The van der Waals surface area contributed by atoms with Gasteiger partial charge in [0.1, 0.15) is 0 Å². The molecule has 1 unspecified atom stereocenters. The van der Waals surface area contributed by atoms with Crippen molar-refractivity contribution < 1.29 is 14.1 Å². The molecule has 2 saturated heterocycles. The minimum absolute atomic E-state index is 0.0983. The maximum absolute atomic E-state index is 12.6. The van der Waals surface area contributed by atoms with Gasteiger partial charge in [0.25, 0.3) is 5.91 Å². The van der Waals surface area contributed by atoms with Crippen LogP contribution in [0.3, 0.4) is 0 Å². The van der Waals surface area contributed by atoms with E-state index in [0.29, 0.717) is 44.5 Å². The van der Waals surface area contributed by atoms with Crippen LogP contribution in [0.5, 0.6) is 0 Å². The molecule has 2 fully saturated rings. The molecule has 1 N–H and O–H groups in total. The molecule has 2 aliphatic rings. The molecule has 1 aromatic heterocycles. The number of carbonyl (C=O) groups excluding carboxylic acids is 2. The van der Waals surface area contributed by atoms with Gasteiger partial charge in [0.05, 0.1) is 5.69 Å². The zero-order valence-electron chi connectivity index (χ0n) is 19.0. The topological polar surface area (TPSA) is 81.9 Å². The van der Waals surface area contributed by atoms with Crippen LogP contribution in [-0.2, 0) is 13.1 Å². The number of nitrogens with one attached hydrogen (secondary N) is 1. The SMILES string of the molecule is Cc1cc(C(=O)N2CCN(C(=O)NCc3ccc(CN4CCCCC4C)cc3)CC2)on1. The maximum atomic E-state index is 12.6. The molecule has 8 nitrogen and oxygen atoms in total. The van der Waals surface area contributed by atoms with Crippen LogP contribution >= 0.6 is 0 Å². The fraction of sp³-hybridized carbons (Fsp3) is 0.542. The van der Waals surface area contributed by atoms with Crippen molar-refractivity contribution in [1.82, 2.24) is 25.2 Å². The van der Waals surface area contributed by atoms with E-state index in [4.69, 9.17) is 4.52 Å². The molecule has 3 amide bonds. The molecular formula is C24H33N5O3. The second-order valence-electron chi connectivity index (χ2n) is 8.90. The number of hydrogen-bond acceptors (Lipinski definition) is 5. The molecule has 8 heteroatoms. The molecule has 2 aromatic rings. The van der Waals surface area contributed by atoms with Crippen LogP contribution in [0.1, 0.15) is 53.6 Å². The maximum Gasteiger partial charge on any atom is 0.317 e. The van der Waals surface area contributed by atoms with E-state index in [2.05, 4.69) is 46.6 Å². The molecule has 0 bridgehead atoms. The van der Waals surface area contributed by atoms with Gasteiger partial charge in [0.15, 0.2) is 0 Å². The van der Waals surface area contributed by atoms with Crippen LogP contribution in [0.2, 0.25) is 0 Å². The smallest absolute Gasteiger partial charge is 0.317 e. The van der Waals surface area contributed by atoms with Crippen molar-refractivity contribution in [2.24, 2.45) is 0 Å². The molecule has 0 spiro atoms. The molecular weight excluding hydrogens is 406 g/mol. The predicted octanol–water partition coefficient (Wildman–Crippen LogP) is 3.03. The Morgan fingerprint density at radius 1 is 1.03 bits per heavy atom. The van der Waals surface area contributed by atoms with Crippen molar-refractivity contribution in [3.8, 4) is 0 Å². The van der Waals surface area contributed by atoms with Gasteiger partial charge in [-0.05, 0) is 44.4 Å². The minimum Gasteiger partial charge on any atom is -0.351 e. The summed E-state index contributed by atoms with van der Waals surface area (Å²) in [5, 5.41) is 6.77. The zero-order valence-corrected chi connectivity index (χ0v) is 19.0. The predicted molar refractivity (Wildman–Crippen MR) is 121 cm³/mol. The molecule has 32 heavy (non-hydrogen) atoms. The summed E-state index contributed by atoms with van der Waals surface area (Å²) in [6, 6.07) is 10.7. The third-order valence-corrected chi connectivity index (χ3v) is 6.49. The Morgan fingerprint density at radius 3 is 2.38 bits per heavy atom. The summed E-state index contributed by atoms with van der Waals surface area (Å²) in [5.74, 6) is 0.0725. The molecule has 2 aliphatic heterocycles. The van der Waals surface area contributed by atoms with Crippen LogP contribution < -0.4 is 5.32 Å². The van der Waals surface area contributed by atoms with E-state index < -0.39 is 0 Å². The second-order valence-corrected chi connectivity index (χ2v) is 8.90. The second kappa shape index (κ2) is 10.2. The number of hydrogen-bond donors (Lipinski definition) is 1. The summed E-state index contributed by atoms with van der Waals surface area (Å²) in [6.45, 7) is 8.72. The number of aromatic nitrogens is 1. The molecule has 4 rings (SSSR count). The number of carbonyl (C=O) groups is 2. The minimum atomic E-state index is -0.176. The van der Waals surface area contributed by atoms with Crippen LogP contribution in [0.25, 0.3) is 0 Å². The normalized spacial score (nSPS) is 19.8. The lowest BCUT2D eigenvalue weighted by Gasteiger charge is -2.34.